The van der Waals surface area contributed by atoms with Crippen molar-refractivity contribution in [3.8, 4) is 0 Å². The number of nitrogens with two attached hydrogens (primary N) is 1. The van der Waals surface area contributed by atoms with E-state index in [0.29, 0.717) is 12.1 Å². The lowest BCUT2D eigenvalue weighted by molar-refractivity contribution is 0.136. The fraction of sp³-hybridized carbons (Fsp3) is 0.600. The van der Waals surface area contributed by atoms with Gasteiger partial charge in [0.15, 0.2) is 0 Å². The first kappa shape index (κ1) is 13.5. The number of rotatable bonds is 7. The van der Waals surface area contributed by atoms with Gasteiger partial charge < -0.3 is 16.2 Å². The van der Waals surface area contributed by atoms with Crippen molar-refractivity contribution >= 4 is 0 Å². The molecule has 0 bridgehead atoms. The number of benzene rings is 1. The zero-order chi connectivity index (χ0) is 13.0. The molecule has 0 aromatic heterocycles. The molecule has 0 heterocycles. The van der Waals surface area contributed by atoms with E-state index in [9.17, 15) is 5.11 Å². The summed E-state index contributed by atoms with van der Waals surface area (Å²) in [5.74, 6) is 0. The van der Waals surface area contributed by atoms with Crippen LogP contribution in [0.15, 0.2) is 30.3 Å². The summed E-state index contributed by atoms with van der Waals surface area (Å²) in [4.78, 5) is 0. The largest absolute Gasteiger partial charge is 0.390 e. The predicted molar refractivity (Wildman–Crippen MR) is 74.4 cm³/mol. The SMILES string of the molecule is CCC1(NC[C@@H](O)[C@@H](N)Cc2ccccc2)CC1. The molecule has 1 aliphatic carbocycles. The average Bonchev–Trinajstić information content (AvgIpc) is 3.18. The second-order valence-electron chi connectivity index (χ2n) is 5.44. The highest BCUT2D eigenvalue weighted by molar-refractivity contribution is 5.16. The molecule has 3 nitrogen and oxygen atoms in total. The van der Waals surface area contributed by atoms with Gasteiger partial charge in [0.1, 0.15) is 0 Å². The lowest BCUT2D eigenvalue weighted by Gasteiger charge is -2.23. The van der Waals surface area contributed by atoms with Gasteiger partial charge in [-0.25, -0.2) is 0 Å². The molecule has 2 rings (SSSR count). The van der Waals surface area contributed by atoms with Gasteiger partial charge in [0.2, 0.25) is 0 Å². The zero-order valence-corrected chi connectivity index (χ0v) is 11.1. The Morgan fingerprint density at radius 3 is 2.56 bits per heavy atom. The Labute approximate surface area is 109 Å². The molecule has 0 aliphatic heterocycles. The van der Waals surface area contributed by atoms with Gasteiger partial charge in [-0.15, -0.1) is 0 Å². The van der Waals surface area contributed by atoms with Gasteiger partial charge in [0.05, 0.1) is 6.10 Å². The molecule has 1 saturated carbocycles. The number of β-amino-alcohol motifs (C(OH)–C–C–N with tert-alkyl or cyclic N) is 1. The first-order chi connectivity index (χ1) is 8.65. The fourth-order valence-corrected chi connectivity index (χ4v) is 2.30. The number of hydrogen-bond donors (Lipinski definition) is 3. The average molecular weight is 248 g/mol. The third-order valence-corrected chi connectivity index (χ3v) is 4.02. The van der Waals surface area contributed by atoms with Crippen molar-refractivity contribution in [3.05, 3.63) is 35.9 Å². The van der Waals surface area contributed by atoms with Crippen molar-refractivity contribution in [1.29, 1.82) is 0 Å². The van der Waals surface area contributed by atoms with E-state index in [2.05, 4.69) is 24.4 Å². The van der Waals surface area contributed by atoms with Crippen molar-refractivity contribution in [2.45, 2.75) is 50.3 Å². The molecular formula is C15H24N2O. The van der Waals surface area contributed by atoms with Crippen LogP contribution in [0.2, 0.25) is 0 Å². The highest BCUT2D eigenvalue weighted by Crippen LogP contribution is 2.38. The Bertz CT molecular complexity index is 362. The van der Waals surface area contributed by atoms with Gasteiger partial charge in [-0.2, -0.15) is 0 Å². The number of aliphatic hydroxyl groups is 1. The van der Waals surface area contributed by atoms with Crippen LogP contribution in [-0.4, -0.2) is 29.3 Å². The minimum absolute atomic E-state index is 0.201. The number of nitrogens with one attached hydrogen (secondary N) is 1. The monoisotopic (exact) mass is 248 g/mol. The minimum atomic E-state index is -0.478. The Hall–Kier alpha value is -0.900. The van der Waals surface area contributed by atoms with Crippen molar-refractivity contribution < 1.29 is 5.11 Å². The molecule has 3 heteroatoms. The van der Waals surface area contributed by atoms with Crippen LogP contribution in [-0.2, 0) is 6.42 Å². The maximum atomic E-state index is 10.1. The molecule has 2 atom stereocenters. The van der Waals surface area contributed by atoms with E-state index < -0.39 is 6.10 Å². The summed E-state index contributed by atoms with van der Waals surface area (Å²) in [5, 5.41) is 13.5. The molecule has 1 fully saturated rings. The van der Waals surface area contributed by atoms with E-state index in [1.807, 2.05) is 18.2 Å². The zero-order valence-electron chi connectivity index (χ0n) is 11.1. The first-order valence-corrected chi connectivity index (χ1v) is 6.88. The Morgan fingerprint density at radius 2 is 2.00 bits per heavy atom. The van der Waals surface area contributed by atoms with E-state index >= 15 is 0 Å². The third-order valence-electron chi connectivity index (χ3n) is 4.02. The summed E-state index contributed by atoms with van der Waals surface area (Å²) < 4.78 is 0. The van der Waals surface area contributed by atoms with Crippen LogP contribution in [0.4, 0.5) is 0 Å². The van der Waals surface area contributed by atoms with Gasteiger partial charge in [-0.1, -0.05) is 37.3 Å². The highest BCUT2D eigenvalue weighted by atomic mass is 16.3. The van der Waals surface area contributed by atoms with Crippen LogP contribution < -0.4 is 11.1 Å². The van der Waals surface area contributed by atoms with Crippen LogP contribution in [0.1, 0.15) is 31.7 Å². The van der Waals surface area contributed by atoms with Crippen LogP contribution >= 0.6 is 0 Å². The lowest BCUT2D eigenvalue weighted by Crippen LogP contribution is -2.46. The Balaban J connectivity index is 1.76. The molecule has 0 unspecified atom stereocenters. The molecule has 1 aromatic carbocycles. The van der Waals surface area contributed by atoms with E-state index in [0.717, 1.165) is 12.8 Å². The van der Waals surface area contributed by atoms with Crippen molar-refractivity contribution in [2.24, 2.45) is 5.73 Å². The van der Waals surface area contributed by atoms with E-state index in [1.165, 1.54) is 18.4 Å². The molecule has 1 aromatic rings. The van der Waals surface area contributed by atoms with Crippen molar-refractivity contribution in [2.75, 3.05) is 6.54 Å². The van der Waals surface area contributed by atoms with Crippen molar-refractivity contribution in [1.82, 2.24) is 5.32 Å². The van der Waals surface area contributed by atoms with Gasteiger partial charge in [-0.05, 0) is 31.2 Å². The molecule has 100 valence electrons. The maximum Gasteiger partial charge on any atom is 0.0818 e. The quantitative estimate of drug-likeness (QED) is 0.684. The lowest BCUT2D eigenvalue weighted by atomic mass is 10.0. The molecule has 0 radical (unpaired) electrons. The second kappa shape index (κ2) is 5.83. The second-order valence-corrected chi connectivity index (χ2v) is 5.44. The normalized spacial score (nSPS) is 20.4. The first-order valence-electron chi connectivity index (χ1n) is 6.88. The third kappa shape index (κ3) is 3.55. The highest BCUT2D eigenvalue weighted by Gasteiger charge is 2.40. The van der Waals surface area contributed by atoms with Gasteiger partial charge in [0.25, 0.3) is 0 Å². The summed E-state index contributed by atoms with van der Waals surface area (Å²) in [6.07, 6.45) is 3.83. The Morgan fingerprint density at radius 1 is 1.33 bits per heavy atom. The standard InChI is InChI=1S/C15H24N2O/c1-2-15(8-9-15)17-11-14(18)13(16)10-12-6-4-3-5-7-12/h3-7,13-14,17-18H,2,8-11,16H2,1H3/t13-,14+/m0/s1. The van der Waals surface area contributed by atoms with Gasteiger partial charge >= 0.3 is 0 Å². The summed E-state index contributed by atoms with van der Waals surface area (Å²) in [6, 6.07) is 9.90. The molecular weight excluding hydrogens is 224 g/mol. The van der Waals surface area contributed by atoms with Crippen molar-refractivity contribution in [3.63, 3.8) is 0 Å². The topological polar surface area (TPSA) is 58.3 Å². The fourth-order valence-electron chi connectivity index (χ4n) is 2.30. The maximum absolute atomic E-state index is 10.1. The summed E-state index contributed by atoms with van der Waals surface area (Å²) in [5.41, 5.74) is 7.53. The molecule has 18 heavy (non-hydrogen) atoms. The molecule has 4 N–H and O–H groups in total. The minimum Gasteiger partial charge on any atom is -0.390 e. The predicted octanol–water partition coefficient (Wildman–Crippen LogP) is 1.45. The van der Waals surface area contributed by atoms with Crippen LogP contribution in [0.25, 0.3) is 0 Å². The number of hydrogen-bond acceptors (Lipinski definition) is 3. The Kier molecular flexibility index (Phi) is 4.38. The van der Waals surface area contributed by atoms with Gasteiger partial charge in [0, 0.05) is 18.1 Å². The molecule has 1 aliphatic rings. The van der Waals surface area contributed by atoms with E-state index in [-0.39, 0.29) is 6.04 Å². The van der Waals surface area contributed by atoms with Crippen LogP contribution in [0.3, 0.4) is 0 Å². The molecule has 0 spiro atoms. The summed E-state index contributed by atoms with van der Waals surface area (Å²) >= 11 is 0. The smallest absolute Gasteiger partial charge is 0.0818 e. The van der Waals surface area contributed by atoms with E-state index in [1.54, 1.807) is 0 Å². The van der Waals surface area contributed by atoms with Gasteiger partial charge in [-0.3, -0.25) is 0 Å². The summed E-state index contributed by atoms with van der Waals surface area (Å²) in [6.45, 7) is 2.79. The molecule has 0 saturated heterocycles. The summed E-state index contributed by atoms with van der Waals surface area (Å²) in [7, 11) is 0. The van der Waals surface area contributed by atoms with Crippen LogP contribution in [0, 0.1) is 0 Å². The van der Waals surface area contributed by atoms with E-state index in [4.69, 9.17) is 5.73 Å². The number of aliphatic hydroxyl groups excluding tert-OH is 1. The van der Waals surface area contributed by atoms with Crippen LogP contribution in [0.5, 0.6) is 0 Å². The molecule has 0 amide bonds.